The first-order valence-electron chi connectivity index (χ1n) is 4.62. The van der Waals surface area contributed by atoms with Crippen LogP contribution in [0.1, 0.15) is 15.2 Å². The Bertz CT molecular complexity index is 511. The number of nitrogen functional groups attached to an aromatic ring is 1. The minimum absolute atomic E-state index is 0.0225. The van der Waals surface area contributed by atoms with Crippen LogP contribution in [0.15, 0.2) is 34.4 Å². The Balaban J connectivity index is 2.21. The van der Waals surface area contributed by atoms with Crippen molar-refractivity contribution in [3.05, 3.63) is 44.8 Å². The van der Waals surface area contributed by atoms with Gasteiger partial charge in [0, 0.05) is 33.2 Å². The molecule has 0 radical (unpaired) electrons. The molecule has 0 spiro atoms. The molecule has 0 aliphatic rings. The number of halogens is 1. The number of thiazole rings is 1. The fourth-order valence-electron chi connectivity index (χ4n) is 1.37. The molecule has 0 atom stereocenters. The van der Waals surface area contributed by atoms with E-state index in [-0.39, 0.29) is 5.78 Å². The summed E-state index contributed by atoms with van der Waals surface area (Å²) in [4.78, 5) is 16.8. The van der Waals surface area contributed by atoms with Gasteiger partial charge >= 0.3 is 0 Å². The Morgan fingerprint density at radius 2 is 2.31 bits per heavy atom. The van der Waals surface area contributed by atoms with Gasteiger partial charge in [-0.3, -0.25) is 9.78 Å². The zero-order chi connectivity index (χ0) is 11.5. The predicted octanol–water partition coefficient (Wildman–Crippen LogP) is 2.91. The van der Waals surface area contributed by atoms with Crippen molar-refractivity contribution in [3.63, 3.8) is 0 Å². The largest absolute Gasteiger partial charge is 0.398 e. The second-order valence-corrected chi connectivity index (χ2v) is 5.19. The highest BCUT2D eigenvalue weighted by atomic mass is 79.9. The molecule has 16 heavy (non-hydrogen) atoms. The van der Waals surface area contributed by atoms with Crippen LogP contribution in [0, 0.1) is 0 Å². The minimum atomic E-state index is 0.0225. The smallest absolute Gasteiger partial charge is 0.170 e. The minimum Gasteiger partial charge on any atom is -0.398 e. The lowest BCUT2D eigenvalue weighted by Gasteiger charge is -2.03. The highest BCUT2D eigenvalue weighted by Crippen LogP contribution is 2.20. The first-order valence-corrected chi connectivity index (χ1v) is 6.29. The average Bonchev–Trinajstić information content (AvgIpc) is 2.70. The molecule has 1 aromatic heterocycles. The molecule has 0 fully saturated rings. The molecule has 2 aromatic rings. The standard InChI is InChI=1S/C11H9BrN2OS/c12-7-1-2-9(10(13)3-7)11(15)4-8-5-14-6-16-8/h1-3,5-6H,4,13H2. The van der Waals surface area contributed by atoms with Gasteiger partial charge in [-0.05, 0) is 18.2 Å². The van der Waals surface area contributed by atoms with E-state index in [2.05, 4.69) is 20.9 Å². The monoisotopic (exact) mass is 296 g/mol. The number of hydrogen-bond donors (Lipinski definition) is 1. The molecule has 1 heterocycles. The Hall–Kier alpha value is -1.20. The lowest BCUT2D eigenvalue weighted by molar-refractivity contribution is 0.0994. The van der Waals surface area contributed by atoms with Crippen LogP contribution < -0.4 is 5.73 Å². The summed E-state index contributed by atoms with van der Waals surface area (Å²) in [7, 11) is 0. The topological polar surface area (TPSA) is 56.0 Å². The zero-order valence-electron chi connectivity index (χ0n) is 8.31. The van der Waals surface area contributed by atoms with Crippen LogP contribution >= 0.6 is 27.3 Å². The number of nitrogens with two attached hydrogens (primary N) is 1. The molecular formula is C11H9BrN2OS. The molecule has 2 N–H and O–H groups in total. The number of ketones is 1. The molecule has 0 unspecified atom stereocenters. The number of nitrogens with zero attached hydrogens (tertiary/aromatic N) is 1. The van der Waals surface area contributed by atoms with Gasteiger partial charge in [0.2, 0.25) is 0 Å². The van der Waals surface area contributed by atoms with Gasteiger partial charge < -0.3 is 5.73 Å². The average molecular weight is 297 g/mol. The summed E-state index contributed by atoms with van der Waals surface area (Å²) < 4.78 is 0.874. The van der Waals surface area contributed by atoms with Crippen molar-refractivity contribution in [2.75, 3.05) is 5.73 Å². The third kappa shape index (κ3) is 2.48. The second-order valence-electron chi connectivity index (χ2n) is 3.30. The van der Waals surface area contributed by atoms with Crippen LogP contribution in [0.2, 0.25) is 0 Å². The number of hydrogen-bond acceptors (Lipinski definition) is 4. The van der Waals surface area contributed by atoms with E-state index in [0.717, 1.165) is 9.35 Å². The Labute approximate surface area is 105 Å². The summed E-state index contributed by atoms with van der Waals surface area (Å²) in [5.41, 5.74) is 8.57. The number of benzene rings is 1. The predicted molar refractivity (Wildman–Crippen MR) is 68.7 cm³/mol. The molecule has 1 aromatic carbocycles. The molecule has 0 aliphatic heterocycles. The van der Waals surface area contributed by atoms with Crippen LogP contribution in [0.5, 0.6) is 0 Å². The summed E-state index contributed by atoms with van der Waals surface area (Å²) >= 11 is 4.78. The van der Waals surface area contributed by atoms with Crippen molar-refractivity contribution in [2.45, 2.75) is 6.42 Å². The first-order chi connectivity index (χ1) is 7.66. The van der Waals surface area contributed by atoms with Crippen molar-refractivity contribution in [2.24, 2.45) is 0 Å². The first kappa shape index (κ1) is 11.3. The number of carbonyl (C=O) groups excluding carboxylic acids is 1. The molecule has 5 heteroatoms. The lowest BCUT2D eigenvalue weighted by Crippen LogP contribution is -2.06. The SMILES string of the molecule is Nc1cc(Br)ccc1C(=O)Cc1cncs1. The summed E-state index contributed by atoms with van der Waals surface area (Å²) in [5, 5.41) is 0. The fourth-order valence-corrected chi connectivity index (χ4v) is 2.34. The number of anilines is 1. The van der Waals surface area contributed by atoms with E-state index < -0.39 is 0 Å². The van der Waals surface area contributed by atoms with E-state index in [1.165, 1.54) is 11.3 Å². The van der Waals surface area contributed by atoms with Crippen LogP contribution in [0.3, 0.4) is 0 Å². The van der Waals surface area contributed by atoms with Gasteiger partial charge in [-0.25, -0.2) is 0 Å². The number of rotatable bonds is 3. The Morgan fingerprint density at radius 3 is 2.94 bits per heavy atom. The summed E-state index contributed by atoms with van der Waals surface area (Å²) in [6.07, 6.45) is 2.06. The summed E-state index contributed by atoms with van der Waals surface area (Å²) in [6, 6.07) is 5.29. The molecule has 0 amide bonds. The molecular weight excluding hydrogens is 288 g/mol. The second kappa shape index (κ2) is 4.76. The van der Waals surface area contributed by atoms with Gasteiger partial charge in [0.05, 0.1) is 5.51 Å². The van der Waals surface area contributed by atoms with E-state index >= 15 is 0 Å². The van der Waals surface area contributed by atoms with Crippen molar-refractivity contribution < 1.29 is 4.79 Å². The Morgan fingerprint density at radius 1 is 1.50 bits per heavy atom. The molecule has 0 saturated heterocycles. The van der Waals surface area contributed by atoms with Crippen molar-refractivity contribution in [1.29, 1.82) is 0 Å². The van der Waals surface area contributed by atoms with Gasteiger partial charge in [-0.15, -0.1) is 11.3 Å². The third-order valence-electron chi connectivity index (χ3n) is 2.13. The molecule has 2 rings (SSSR count). The van der Waals surface area contributed by atoms with Crippen LogP contribution in [-0.4, -0.2) is 10.8 Å². The summed E-state index contributed by atoms with van der Waals surface area (Å²) in [6.45, 7) is 0. The van der Waals surface area contributed by atoms with Crippen molar-refractivity contribution in [3.8, 4) is 0 Å². The lowest BCUT2D eigenvalue weighted by atomic mass is 10.1. The van der Waals surface area contributed by atoms with Gasteiger partial charge in [0.15, 0.2) is 5.78 Å². The maximum absolute atomic E-state index is 11.9. The van der Waals surface area contributed by atoms with Crippen molar-refractivity contribution >= 4 is 38.7 Å². The van der Waals surface area contributed by atoms with E-state index in [4.69, 9.17) is 5.73 Å². The number of carbonyl (C=O) groups is 1. The van der Waals surface area contributed by atoms with E-state index in [0.29, 0.717) is 17.7 Å². The quantitative estimate of drug-likeness (QED) is 0.700. The molecule has 82 valence electrons. The maximum Gasteiger partial charge on any atom is 0.170 e. The molecule has 0 saturated carbocycles. The van der Waals surface area contributed by atoms with Gasteiger partial charge in [0.25, 0.3) is 0 Å². The highest BCUT2D eigenvalue weighted by molar-refractivity contribution is 9.10. The van der Waals surface area contributed by atoms with Crippen LogP contribution in [0.4, 0.5) is 5.69 Å². The Kier molecular flexibility index (Phi) is 3.36. The fraction of sp³-hybridized carbons (Fsp3) is 0.0909. The number of Topliss-reactive ketones (excluding diaryl/α,β-unsaturated/α-hetero) is 1. The van der Waals surface area contributed by atoms with Gasteiger partial charge in [0.1, 0.15) is 0 Å². The van der Waals surface area contributed by atoms with Gasteiger partial charge in [-0.2, -0.15) is 0 Å². The molecule has 0 bridgehead atoms. The van der Waals surface area contributed by atoms with E-state index in [9.17, 15) is 4.79 Å². The maximum atomic E-state index is 11.9. The molecule has 0 aliphatic carbocycles. The van der Waals surface area contributed by atoms with Gasteiger partial charge in [-0.1, -0.05) is 15.9 Å². The van der Waals surface area contributed by atoms with Crippen molar-refractivity contribution in [1.82, 2.24) is 4.98 Å². The zero-order valence-corrected chi connectivity index (χ0v) is 10.7. The number of aromatic nitrogens is 1. The third-order valence-corrected chi connectivity index (χ3v) is 3.41. The summed E-state index contributed by atoms with van der Waals surface area (Å²) in [5.74, 6) is 0.0225. The van der Waals surface area contributed by atoms with Crippen LogP contribution in [0.25, 0.3) is 0 Å². The van der Waals surface area contributed by atoms with E-state index in [1.807, 2.05) is 6.07 Å². The van der Waals surface area contributed by atoms with Crippen LogP contribution in [-0.2, 0) is 6.42 Å². The normalized spacial score (nSPS) is 10.3. The highest BCUT2D eigenvalue weighted by Gasteiger charge is 2.11. The molecule has 3 nitrogen and oxygen atoms in total. The van der Waals surface area contributed by atoms with E-state index in [1.54, 1.807) is 23.8 Å².